The zero-order valence-electron chi connectivity index (χ0n) is 10.1. The molecule has 0 spiro atoms. The van der Waals surface area contributed by atoms with Gasteiger partial charge in [0, 0.05) is 11.6 Å². The number of carboxylic acids is 1. The fourth-order valence-electron chi connectivity index (χ4n) is 1.65. The number of rotatable bonds is 4. The highest BCUT2D eigenvalue weighted by atomic mass is 16.5. The Bertz CT molecular complexity index is 638. The monoisotopic (exact) mass is 261 g/mol. The number of carbonyl (C=O) groups is 2. The Labute approximate surface area is 108 Å². The number of ether oxygens (including phenoxy) is 2. The minimum Gasteiger partial charge on any atom is -0.482 e. The molecule has 2 rings (SSSR count). The molecule has 0 atom stereocenters. The summed E-state index contributed by atoms with van der Waals surface area (Å²) < 4.78 is 9.75. The van der Waals surface area contributed by atoms with Crippen molar-refractivity contribution in [2.24, 2.45) is 0 Å². The van der Waals surface area contributed by atoms with E-state index in [4.69, 9.17) is 9.84 Å². The predicted octanol–water partition coefficient (Wildman–Crippen LogP) is 1.48. The van der Waals surface area contributed by atoms with Crippen LogP contribution in [0.5, 0.6) is 5.75 Å². The smallest absolute Gasteiger partial charge is 0.341 e. The first-order chi connectivity index (χ1) is 9.11. The molecule has 0 aliphatic heterocycles. The van der Waals surface area contributed by atoms with Crippen molar-refractivity contribution in [1.29, 1.82) is 0 Å². The second-order valence-corrected chi connectivity index (χ2v) is 3.71. The maximum absolute atomic E-state index is 11.6. The highest BCUT2D eigenvalue weighted by Gasteiger charge is 2.11. The van der Waals surface area contributed by atoms with Crippen LogP contribution in [0, 0.1) is 0 Å². The summed E-state index contributed by atoms with van der Waals surface area (Å²) in [6.07, 6.45) is 1.51. The van der Waals surface area contributed by atoms with Gasteiger partial charge in [-0.2, -0.15) is 0 Å². The third kappa shape index (κ3) is 2.79. The molecule has 1 heterocycles. The van der Waals surface area contributed by atoms with Crippen LogP contribution in [0.3, 0.4) is 0 Å². The first-order valence-corrected chi connectivity index (χ1v) is 5.43. The number of nitrogens with zero attached hydrogens (tertiary/aromatic N) is 1. The SMILES string of the molecule is COC(=O)c1ccnc2ccc(OCC(=O)O)cc12. The number of hydrogen-bond donors (Lipinski definition) is 1. The molecule has 0 aliphatic rings. The van der Waals surface area contributed by atoms with Gasteiger partial charge in [-0.05, 0) is 24.3 Å². The van der Waals surface area contributed by atoms with Crippen molar-refractivity contribution in [1.82, 2.24) is 4.98 Å². The van der Waals surface area contributed by atoms with E-state index >= 15 is 0 Å². The van der Waals surface area contributed by atoms with Crippen molar-refractivity contribution in [3.63, 3.8) is 0 Å². The number of carboxylic acid groups (broad SMARTS) is 1. The van der Waals surface area contributed by atoms with Gasteiger partial charge in [-0.3, -0.25) is 4.98 Å². The Kier molecular flexibility index (Phi) is 3.61. The molecule has 0 amide bonds. The van der Waals surface area contributed by atoms with E-state index in [1.54, 1.807) is 18.2 Å². The van der Waals surface area contributed by atoms with Crippen molar-refractivity contribution < 1.29 is 24.2 Å². The Morgan fingerprint density at radius 2 is 2.11 bits per heavy atom. The molecule has 6 heteroatoms. The summed E-state index contributed by atoms with van der Waals surface area (Å²) >= 11 is 0. The molecule has 0 radical (unpaired) electrons. The van der Waals surface area contributed by atoms with Crippen molar-refractivity contribution >= 4 is 22.8 Å². The summed E-state index contributed by atoms with van der Waals surface area (Å²) in [6.45, 7) is -0.445. The number of fused-ring (bicyclic) bond motifs is 1. The number of pyridine rings is 1. The lowest BCUT2D eigenvalue weighted by Gasteiger charge is -2.07. The molecule has 1 N–H and O–H groups in total. The number of esters is 1. The highest BCUT2D eigenvalue weighted by molar-refractivity contribution is 6.03. The molecule has 0 aliphatic carbocycles. The molecule has 0 fully saturated rings. The molecule has 98 valence electrons. The number of benzene rings is 1. The van der Waals surface area contributed by atoms with E-state index in [0.29, 0.717) is 22.2 Å². The third-order valence-electron chi connectivity index (χ3n) is 2.48. The van der Waals surface area contributed by atoms with E-state index < -0.39 is 18.5 Å². The quantitative estimate of drug-likeness (QED) is 0.839. The number of methoxy groups -OCH3 is 1. The van der Waals surface area contributed by atoms with E-state index in [1.165, 1.54) is 19.4 Å². The van der Waals surface area contributed by atoms with Crippen LogP contribution >= 0.6 is 0 Å². The minimum absolute atomic E-state index is 0.355. The van der Waals surface area contributed by atoms with Crippen LogP contribution in [0.4, 0.5) is 0 Å². The summed E-state index contributed by atoms with van der Waals surface area (Å²) in [6, 6.07) is 6.35. The molecule has 0 bridgehead atoms. The van der Waals surface area contributed by atoms with Crippen molar-refractivity contribution in [2.45, 2.75) is 0 Å². The maximum atomic E-state index is 11.6. The average Bonchev–Trinajstić information content (AvgIpc) is 2.43. The van der Waals surface area contributed by atoms with Gasteiger partial charge in [-0.1, -0.05) is 0 Å². The Morgan fingerprint density at radius 1 is 1.32 bits per heavy atom. The van der Waals surface area contributed by atoms with Gasteiger partial charge in [0.2, 0.25) is 0 Å². The van der Waals surface area contributed by atoms with Gasteiger partial charge in [0.15, 0.2) is 6.61 Å². The first-order valence-electron chi connectivity index (χ1n) is 5.43. The molecular weight excluding hydrogens is 250 g/mol. The minimum atomic E-state index is -1.07. The fraction of sp³-hybridized carbons (Fsp3) is 0.154. The van der Waals surface area contributed by atoms with Crippen molar-refractivity contribution in [3.8, 4) is 5.75 Å². The van der Waals surface area contributed by atoms with Crippen LogP contribution in [0.2, 0.25) is 0 Å². The lowest BCUT2D eigenvalue weighted by atomic mass is 10.1. The van der Waals surface area contributed by atoms with Crippen LogP contribution < -0.4 is 4.74 Å². The number of aliphatic carboxylic acids is 1. The Balaban J connectivity index is 2.44. The molecule has 2 aromatic rings. The molecule has 1 aromatic heterocycles. The Morgan fingerprint density at radius 3 is 2.79 bits per heavy atom. The lowest BCUT2D eigenvalue weighted by molar-refractivity contribution is -0.139. The molecule has 0 saturated carbocycles. The summed E-state index contributed by atoms with van der Waals surface area (Å²) in [7, 11) is 1.29. The predicted molar refractivity (Wildman–Crippen MR) is 66.2 cm³/mol. The Hall–Kier alpha value is -2.63. The van der Waals surface area contributed by atoms with E-state index in [9.17, 15) is 9.59 Å². The maximum Gasteiger partial charge on any atom is 0.341 e. The van der Waals surface area contributed by atoms with Crippen LogP contribution in [0.15, 0.2) is 30.5 Å². The topological polar surface area (TPSA) is 85.7 Å². The summed E-state index contributed by atoms with van der Waals surface area (Å²) in [4.78, 5) is 26.2. The number of aromatic nitrogens is 1. The largest absolute Gasteiger partial charge is 0.482 e. The highest BCUT2D eigenvalue weighted by Crippen LogP contribution is 2.23. The molecule has 1 aromatic carbocycles. The molecule has 0 unspecified atom stereocenters. The summed E-state index contributed by atoms with van der Waals surface area (Å²) in [5, 5.41) is 9.11. The fourth-order valence-corrected chi connectivity index (χ4v) is 1.65. The zero-order valence-corrected chi connectivity index (χ0v) is 10.1. The van der Waals surface area contributed by atoms with Gasteiger partial charge in [-0.25, -0.2) is 9.59 Å². The lowest BCUT2D eigenvalue weighted by Crippen LogP contribution is -2.09. The normalized spacial score (nSPS) is 10.2. The summed E-state index contributed by atoms with van der Waals surface area (Å²) in [5.74, 6) is -1.20. The first kappa shape index (κ1) is 12.8. The van der Waals surface area contributed by atoms with Crippen LogP contribution in [0.1, 0.15) is 10.4 Å². The molecule has 0 saturated heterocycles. The number of carbonyl (C=O) groups excluding carboxylic acids is 1. The van der Waals surface area contributed by atoms with Gasteiger partial charge in [0.1, 0.15) is 5.75 Å². The molecule has 19 heavy (non-hydrogen) atoms. The van der Waals surface area contributed by atoms with Gasteiger partial charge in [0.05, 0.1) is 18.2 Å². The van der Waals surface area contributed by atoms with Gasteiger partial charge in [0.25, 0.3) is 0 Å². The van der Waals surface area contributed by atoms with Crippen LogP contribution in [-0.2, 0) is 9.53 Å². The van der Waals surface area contributed by atoms with E-state index in [0.717, 1.165) is 0 Å². The standard InChI is InChI=1S/C13H11NO5/c1-18-13(17)9-4-5-14-11-3-2-8(6-10(9)11)19-7-12(15)16/h2-6H,7H2,1H3,(H,15,16). The second-order valence-electron chi connectivity index (χ2n) is 3.71. The summed E-state index contributed by atoms with van der Waals surface area (Å²) in [5.41, 5.74) is 0.957. The van der Waals surface area contributed by atoms with Crippen LogP contribution in [-0.4, -0.2) is 35.7 Å². The van der Waals surface area contributed by atoms with E-state index in [1.807, 2.05) is 0 Å². The van der Waals surface area contributed by atoms with Gasteiger partial charge in [-0.15, -0.1) is 0 Å². The average molecular weight is 261 g/mol. The van der Waals surface area contributed by atoms with Gasteiger partial charge >= 0.3 is 11.9 Å². The van der Waals surface area contributed by atoms with Crippen molar-refractivity contribution in [2.75, 3.05) is 13.7 Å². The molecular formula is C13H11NO5. The van der Waals surface area contributed by atoms with Crippen LogP contribution in [0.25, 0.3) is 10.9 Å². The molecule has 6 nitrogen and oxygen atoms in total. The van der Waals surface area contributed by atoms with E-state index in [2.05, 4.69) is 9.72 Å². The zero-order chi connectivity index (χ0) is 13.8. The van der Waals surface area contributed by atoms with Crippen molar-refractivity contribution in [3.05, 3.63) is 36.0 Å². The number of hydrogen-bond acceptors (Lipinski definition) is 5. The van der Waals surface area contributed by atoms with Gasteiger partial charge < -0.3 is 14.6 Å². The second kappa shape index (κ2) is 5.34. The third-order valence-corrected chi connectivity index (χ3v) is 2.48. The van der Waals surface area contributed by atoms with E-state index in [-0.39, 0.29) is 0 Å².